The summed E-state index contributed by atoms with van der Waals surface area (Å²) >= 11 is 0. The van der Waals surface area contributed by atoms with Gasteiger partial charge in [0, 0.05) is 19.1 Å². The van der Waals surface area contributed by atoms with Crippen molar-refractivity contribution in [1.82, 2.24) is 10.2 Å². The number of hydrogen-bond donors (Lipinski definition) is 1. The van der Waals surface area contributed by atoms with E-state index in [9.17, 15) is 4.79 Å². The Morgan fingerprint density at radius 2 is 2.16 bits per heavy atom. The number of ether oxygens (including phenoxy) is 2. The van der Waals surface area contributed by atoms with E-state index in [0.717, 1.165) is 39.1 Å². The summed E-state index contributed by atoms with van der Waals surface area (Å²) in [6.45, 7) is 8.25. The molecule has 138 valence electrons. The molecule has 0 aromatic heterocycles. The highest BCUT2D eigenvalue weighted by Gasteiger charge is 2.41. The number of amides is 1. The average molecular weight is 346 g/mol. The van der Waals surface area contributed by atoms with Crippen molar-refractivity contribution < 1.29 is 14.3 Å². The molecule has 0 radical (unpaired) electrons. The molecule has 1 N–H and O–H groups in total. The lowest BCUT2D eigenvalue weighted by molar-refractivity contribution is -0.133. The van der Waals surface area contributed by atoms with Crippen molar-refractivity contribution in [3.8, 4) is 0 Å². The standard InChI is InChI=1S/C20H30N2O3/c1-15(2)21-20(23)18-12-17-8-9-22(13-19(17)25-18)10-11-24-14-16-6-4-3-5-7-16/h3-7,15,17-19H,8-14H2,1-2H3,(H,21,23)/t17-,18+,19-/m1/s1. The number of hydrogen-bond acceptors (Lipinski definition) is 4. The Balaban J connectivity index is 1.37. The van der Waals surface area contributed by atoms with Crippen LogP contribution in [0.1, 0.15) is 32.3 Å². The van der Waals surface area contributed by atoms with E-state index in [0.29, 0.717) is 12.5 Å². The van der Waals surface area contributed by atoms with Crippen LogP contribution < -0.4 is 5.32 Å². The van der Waals surface area contributed by atoms with Crippen molar-refractivity contribution in [3.63, 3.8) is 0 Å². The molecule has 1 amide bonds. The summed E-state index contributed by atoms with van der Waals surface area (Å²) in [5.41, 5.74) is 1.21. The predicted molar refractivity (Wildman–Crippen MR) is 97.2 cm³/mol. The first-order valence-corrected chi connectivity index (χ1v) is 9.41. The third-order valence-electron chi connectivity index (χ3n) is 5.02. The second-order valence-corrected chi connectivity index (χ2v) is 7.45. The average Bonchev–Trinajstić information content (AvgIpc) is 3.02. The van der Waals surface area contributed by atoms with Crippen molar-refractivity contribution in [2.75, 3.05) is 26.2 Å². The molecule has 1 aromatic carbocycles. The van der Waals surface area contributed by atoms with E-state index in [1.165, 1.54) is 5.56 Å². The Hall–Kier alpha value is -1.43. The van der Waals surface area contributed by atoms with E-state index in [-0.39, 0.29) is 24.2 Å². The molecule has 0 unspecified atom stereocenters. The normalized spacial score (nSPS) is 26.6. The van der Waals surface area contributed by atoms with Gasteiger partial charge in [-0.15, -0.1) is 0 Å². The number of nitrogens with one attached hydrogen (secondary N) is 1. The lowest BCUT2D eigenvalue weighted by Gasteiger charge is -2.33. The highest BCUT2D eigenvalue weighted by molar-refractivity contribution is 5.81. The largest absolute Gasteiger partial charge is 0.375 e. The number of benzene rings is 1. The zero-order valence-corrected chi connectivity index (χ0v) is 15.3. The van der Waals surface area contributed by atoms with Crippen LogP contribution in [0.3, 0.4) is 0 Å². The van der Waals surface area contributed by atoms with E-state index in [4.69, 9.17) is 9.47 Å². The fraction of sp³-hybridized carbons (Fsp3) is 0.650. The molecule has 0 aliphatic carbocycles. The van der Waals surface area contributed by atoms with Gasteiger partial charge in [-0.1, -0.05) is 30.3 Å². The smallest absolute Gasteiger partial charge is 0.249 e. The second kappa shape index (κ2) is 8.79. The van der Waals surface area contributed by atoms with Gasteiger partial charge in [-0.2, -0.15) is 0 Å². The third kappa shape index (κ3) is 5.27. The maximum atomic E-state index is 12.2. The molecule has 3 atom stereocenters. The maximum Gasteiger partial charge on any atom is 0.249 e. The zero-order chi connectivity index (χ0) is 17.6. The lowest BCUT2D eigenvalue weighted by Crippen LogP contribution is -2.44. The summed E-state index contributed by atoms with van der Waals surface area (Å²) in [5.74, 6) is 0.562. The molecule has 5 nitrogen and oxygen atoms in total. The van der Waals surface area contributed by atoms with Gasteiger partial charge in [0.1, 0.15) is 6.10 Å². The van der Waals surface area contributed by atoms with Crippen molar-refractivity contribution >= 4 is 5.91 Å². The number of rotatable bonds is 7. The molecular formula is C20H30N2O3. The third-order valence-corrected chi connectivity index (χ3v) is 5.02. The zero-order valence-electron chi connectivity index (χ0n) is 15.3. The minimum Gasteiger partial charge on any atom is -0.375 e. The Bertz CT molecular complexity index is 549. The summed E-state index contributed by atoms with van der Waals surface area (Å²) < 4.78 is 11.8. The molecule has 2 aliphatic heterocycles. The molecule has 3 rings (SSSR count). The van der Waals surface area contributed by atoms with E-state index in [1.54, 1.807) is 0 Å². The van der Waals surface area contributed by atoms with Crippen LogP contribution in [0.4, 0.5) is 0 Å². The summed E-state index contributed by atoms with van der Waals surface area (Å²) in [7, 11) is 0. The first kappa shape index (κ1) is 18.4. The summed E-state index contributed by atoms with van der Waals surface area (Å²) in [4.78, 5) is 14.6. The van der Waals surface area contributed by atoms with E-state index in [2.05, 4.69) is 22.3 Å². The van der Waals surface area contributed by atoms with Gasteiger partial charge in [-0.05, 0) is 44.7 Å². The maximum absolute atomic E-state index is 12.2. The molecule has 2 fully saturated rings. The van der Waals surface area contributed by atoms with Gasteiger partial charge in [-0.3, -0.25) is 9.69 Å². The van der Waals surface area contributed by atoms with Crippen LogP contribution in [-0.2, 0) is 20.9 Å². The van der Waals surface area contributed by atoms with Crippen molar-refractivity contribution in [2.24, 2.45) is 5.92 Å². The van der Waals surface area contributed by atoms with Crippen LogP contribution in [0.2, 0.25) is 0 Å². The van der Waals surface area contributed by atoms with Crippen LogP contribution >= 0.6 is 0 Å². The first-order chi connectivity index (χ1) is 12.1. The van der Waals surface area contributed by atoms with Crippen LogP contribution in [0, 0.1) is 5.92 Å². The topological polar surface area (TPSA) is 50.8 Å². The number of nitrogens with zero attached hydrogens (tertiary/aromatic N) is 1. The Morgan fingerprint density at radius 1 is 1.36 bits per heavy atom. The summed E-state index contributed by atoms with van der Waals surface area (Å²) in [5, 5.41) is 2.97. The van der Waals surface area contributed by atoms with Crippen LogP contribution in [0.15, 0.2) is 30.3 Å². The molecule has 1 aromatic rings. The van der Waals surface area contributed by atoms with Crippen LogP contribution in [0.25, 0.3) is 0 Å². The molecule has 25 heavy (non-hydrogen) atoms. The lowest BCUT2D eigenvalue weighted by atomic mass is 9.91. The van der Waals surface area contributed by atoms with E-state index in [1.807, 2.05) is 32.0 Å². The monoisotopic (exact) mass is 346 g/mol. The van der Waals surface area contributed by atoms with E-state index < -0.39 is 0 Å². The van der Waals surface area contributed by atoms with Gasteiger partial charge >= 0.3 is 0 Å². The fourth-order valence-electron chi connectivity index (χ4n) is 3.70. The number of carbonyl (C=O) groups excluding carboxylic acids is 1. The van der Waals surface area contributed by atoms with Gasteiger partial charge in [0.15, 0.2) is 0 Å². The first-order valence-electron chi connectivity index (χ1n) is 9.41. The quantitative estimate of drug-likeness (QED) is 0.769. The molecular weight excluding hydrogens is 316 g/mol. The van der Waals surface area contributed by atoms with Gasteiger partial charge in [0.05, 0.1) is 19.3 Å². The number of fused-ring (bicyclic) bond motifs is 1. The summed E-state index contributed by atoms with van der Waals surface area (Å²) in [6, 6.07) is 10.4. The Kier molecular flexibility index (Phi) is 6.45. The van der Waals surface area contributed by atoms with Crippen LogP contribution in [-0.4, -0.2) is 55.3 Å². The number of carbonyl (C=O) groups is 1. The Labute approximate surface area is 150 Å². The summed E-state index contributed by atoms with van der Waals surface area (Å²) in [6.07, 6.45) is 1.88. The SMILES string of the molecule is CC(C)NC(=O)[C@@H]1C[C@H]2CCN(CCOCc3ccccc3)C[C@H]2O1. The minimum absolute atomic E-state index is 0.0437. The number of piperidine rings is 1. The van der Waals surface area contributed by atoms with E-state index >= 15 is 0 Å². The van der Waals surface area contributed by atoms with Crippen LogP contribution in [0.5, 0.6) is 0 Å². The Morgan fingerprint density at radius 3 is 2.92 bits per heavy atom. The highest BCUT2D eigenvalue weighted by Crippen LogP contribution is 2.33. The molecule has 5 heteroatoms. The highest BCUT2D eigenvalue weighted by atomic mass is 16.5. The fourth-order valence-corrected chi connectivity index (χ4v) is 3.70. The second-order valence-electron chi connectivity index (χ2n) is 7.45. The van der Waals surface area contributed by atoms with Gasteiger partial charge < -0.3 is 14.8 Å². The van der Waals surface area contributed by atoms with Crippen molar-refractivity contribution in [3.05, 3.63) is 35.9 Å². The predicted octanol–water partition coefficient (Wildman–Crippen LogP) is 2.21. The molecule has 0 spiro atoms. The van der Waals surface area contributed by atoms with Gasteiger partial charge in [0.2, 0.25) is 5.91 Å². The molecule has 2 aliphatic rings. The van der Waals surface area contributed by atoms with Gasteiger partial charge in [0.25, 0.3) is 0 Å². The molecule has 2 saturated heterocycles. The molecule has 0 bridgehead atoms. The van der Waals surface area contributed by atoms with Gasteiger partial charge in [-0.25, -0.2) is 0 Å². The minimum atomic E-state index is -0.272. The molecule has 0 saturated carbocycles. The van der Waals surface area contributed by atoms with Crippen molar-refractivity contribution in [2.45, 2.75) is 51.5 Å². The van der Waals surface area contributed by atoms with Crippen molar-refractivity contribution in [1.29, 1.82) is 0 Å². The molecule has 2 heterocycles. The number of likely N-dealkylation sites (tertiary alicyclic amines) is 1.